The Labute approximate surface area is 117 Å². The van der Waals surface area contributed by atoms with Gasteiger partial charge < -0.3 is 5.32 Å². The molecule has 0 bridgehead atoms. The molecule has 1 N–H and O–H groups in total. The molecule has 0 aliphatic rings. The monoisotopic (exact) mass is 271 g/mol. The molecule has 1 aromatic heterocycles. The van der Waals surface area contributed by atoms with E-state index in [1.165, 1.54) is 0 Å². The van der Waals surface area contributed by atoms with Crippen molar-refractivity contribution in [3.63, 3.8) is 0 Å². The first-order valence-corrected chi connectivity index (χ1v) is 6.41. The van der Waals surface area contributed by atoms with Gasteiger partial charge in [-0.1, -0.05) is 23.7 Å². The molecule has 1 aromatic carbocycles. The van der Waals surface area contributed by atoms with Gasteiger partial charge in [0.25, 0.3) is 0 Å². The van der Waals surface area contributed by atoms with Crippen molar-refractivity contribution in [3.8, 4) is 6.07 Å². The highest BCUT2D eigenvalue weighted by Gasteiger charge is 2.07. The Morgan fingerprint density at radius 2 is 2.21 bits per heavy atom. The quantitative estimate of drug-likeness (QED) is 0.926. The van der Waals surface area contributed by atoms with Crippen molar-refractivity contribution in [1.29, 1.82) is 5.26 Å². The molecule has 1 atom stereocenters. The molecule has 2 rings (SSSR count). The number of hydrogen-bond donors (Lipinski definition) is 1. The van der Waals surface area contributed by atoms with Gasteiger partial charge in [0.05, 0.1) is 17.3 Å². The molecule has 2 aromatic rings. The molecule has 4 heteroatoms. The summed E-state index contributed by atoms with van der Waals surface area (Å²) >= 11 is 6.13. The first-order valence-electron chi connectivity index (χ1n) is 6.03. The second-order valence-corrected chi connectivity index (χ2v) is 4.68. The third kappa shape index (κ3) is 3.54. The maximum absolute atomic E-state index is 8.79. The maximum atomic E-state index is 8.79. The third-order valence-corrected chi connectivity index (χ3v) is 3.26. The Kier molecular flexibility index (Phi) is 4.51. The minimum absolute atomic E-state index is 0.146. The zero-order chi connectivity index (χ0) is 13.7. The van der Waals surface area contributed by atoms with E-state index in [-0.39, 0.29) is 6.04 Å². The molecule has 0 aliphatic heterocycles. The standard InChI is InChI=1S/C15H14ClN3/c1-11(15-4-2-3-7-18-15)19-10-13-6-5-12(9-17)8-14(13)16/h2-8,11,19H,10H2,1H3. The van der Waals surface area contributed by atoms with Gasteiger partial charge in [-0.2, -0.15) is 5.26 Å². The molecule has 0 saturated heterocycles. The van der Waals surface area contributed by atoms with Gasteiger partial charge in [0.2, 0.25) is 0 Å². The fraction of sp³-hybridized carbons (Fsp3) is 0.200. The lowest BCUT2D eigenvalue weighted by atomic mass is 10.1. The van der Waals surface area contributed by atoms with Crippen LogP contribution in [0.5, 0.6) is 0 Å². The second-order valence-electron chi connectivity index (χ2n) is 4.28. The SMILES string of the molecule is CC(NCc1ccc(C#N)cc1Cl)c1ccccn1. The molecule has 0 saturated carbocycles. The fourth-order valence-corrected chi connectivity index (χ4v) is 2.01. The van der Waals surface area contributed by atoms with Gasteiger partial charge in [-0.15, -0.1) is 0 Å². The van der Waals surface area contributed by atoms with Crippen LogP contribution in [0.15, 0.2) is 42.6 Å². The van der Waals surface area contributed by atoms with E-state index in [1.54, 1.807) is 18.3 Å². The van der Waals surface area contributed by atoms with E-state index in [0.717, 1.165) is 11.3 Å². The van der Waals surface area contributed by atoms with E-state index in [4.69, 9.17) is 16.9 Å². The topological polar surface area (TPSA) is 48.7 Å². The van der Waals surface area contributed by atoms with Gasteiger partial charge in [0.1, 0.15) is 0 Å². The van der Waals surface area contributed by atoms with Crippen LogP contribution in [0.2, 0.25) is 5.02 Å². The lowest BCUT2D eigenvalue weighted by molar-refractivity contribution is 0.561. The fourth-order valence-electron chi connectivity index (χ4n) is 1.76. The molecule has 0 fully saturated rings. The molecule has 19 heavy (non-hydrogen) atoms. The zero-order valence-corrected chi connectivity index (χ0v) is 11.4. The van der Waals surface area contributed by atoms with Crippen LogP contribution in [0.25, 0.3) is 0 Å². The second kappa shape index (κ2) is 6.33. The smallest absolute Gasteiger partial charge is 0.0992 e. The molecular formula is C15H14ClN3. The number of nitriles is 1. The Balaban J connectivity index is 2.01. The van der Waals surface area contributed by atoms with Gasteiger partial charge in [-0.25, -0.2) is 0 Å². The summed E-state index contributed by atoms with van der Waals surface area (Å²) in [4.78, 5) is 4.30. The average Bonchev–Trinajstić information content (AvgIpc) is 2.46. The molecule has 0 aliphatic carbocycles. The third-order valence-electron chi connectivity index (χ3n) is 2.91. The number of benzene rings is 1. The summed E-state index contributed by atoms with van der Waals surface area (Å²) in [6, 6.07) is 13.4. The number of nitrogens with zero attached hydrogens (tertiary/aromatic N) is 2. The van der Waals surface area contributed by atoms with Gasteiger partial charge in [0, 0.05) is 23.8 Å². The summed E-state index contributed by atoms with van der Waals surface area (Å²) in [7, 11) is 0. The van der Waals surface area contributed by atoms with Crippen molar-refractivity contribution >= 4 is 11.6 Å². The normalized spacial score (nSPS) is 11.8. The number of rotatable bonds is 4. The van der Waals surface area contributed by atoms with Crippen LogP contribution >= 0.6 is 11.6 Å². The van der Waals surface area contributed by atoms with Gasteiger partial charge in [-0.05, 0) is 36.8 Å². The molecule has 0 amide bonds. The van der Waals surface area contributed by atoms with Gasteiger partial charge in [-0.3, -0.25) is 4.98 Å². The summed E-state index contributed by atoms with van der Waals surface area (Å²) in [5.41, 5.74) is 2.54. The summed E-state index contributed by atoms with van der Waals surface area (Å²) in [5.74, 6) is 0. The molecule has 3 nitrogen and oxygen atoms in total. The molecule has 1 heterocycles. The molecular weight excluding hydrogens is 258 g/mol. The lowest BCUT2D eigenvalue weighted by Gasteiger charge is -2.14. The van der Waals surface area contributed by atoms with Crippen molar-refractivity contribution < 1.29 is 0 Å². The number of halogens is 1. The summed E-state index contributed by atoms with van der Waals surface area (Å²) in [6.45, 7) is 2.70. The Hall–Kier alpha value is -1.89. The molecule has 1 unspecified atom stereocenters. The first-order chi connectivity index (χ1) is 9.20. The van der Waals surface area contributed by atoms with E-state index in [2.05, 4.69) is 23.3 Å². The molecule has 96 valence electrons. The molecule has 0 radical (unpaired) electrons. The summed E-state index contributed by atoms with van der Waals surface area (Å²) in [5, 5.41) is 12.8. The van der Waals surface area contributed by atoms with Crippen molar-refractivity contribution in [2.45, 2.75) is 19.5 Å². The minimum atomic E-state index is 0.146. The van der Waals surface area contributed by atoms with E-state index >= 15 is 0 Å². The maximum Gasteiger partial charge on any atom is 0.0992 e. The van der Waals surface area contributed by atoms with Crippen LogP contribution < -0.4 is 5.32 Å². The van der Waals surface area contributed by atoms with Crippen LogP contribution in [-0.4, -0.2) is 4.98 Å². The number of nitrogens with one attached hydrogen (secondary N) is 1. The Morgan fingerprint density at radius 1 is 1.37 bits per heavy atom. The highest BCUT2D eigenvalue weighted by Crippen LogP contribution is 2.18. The average molecular weight is 272 g/mol. The van der Waals surface area contributed by atoms with E-state index < -0.39 is 0 Å². The van der Waals surface area contributed by atoms with Crippen LogP contribution in [0.4, 0.5) is 0 Å². The predicted molar refractivity (Wildman–Crippen MR) is 75.7 cm³/mol. The van der Waals surface area contributed by atoms with Crippen LogP contribution in [-0.2, 0) is 6.54 Å². The van der Waals surface area contributed by atoms with Crippen molar-refractivity contribution in [2.75, 3.05) is 0 Å². The predicted octanol–water partition coefficient (Wildman–Crippen LogP) is 3.46. The van der Waals surface area contributed by atoms with Crippen LogP contribution in [0.1, 0.15) is 29.8 Å². The highest BCUT2D eigenvalue weighted by molar-refractivity contribution is 6.31. The van der Waals surface area contributed by atoms with Crippen molar-refractivity contribution in [1.82, 2.24) is 10.3 Å². The number of aromatic nitrogens is 1. The Morgan fingerprint density at radius 3 is 2.84 bits per heavy atom. The number of pyridine rings is 1. The van der Waals surface area contributed by atoms with Crippen molar-refractivity contribution in [3.05, 3.63) is 64.4 Å². The van der Waals surface area contributed by atoms with E-state index in [9.17, 15) is 0 Å². The zero-order valence-electron chi connectivity index (χ0n) is 10.6. The first kappa shape index (κ1) is 13.5. The summed E-state index contributed by atoms with van der Waals surface area (Å²) < 4.78 is 0. The summed E-state index contributed by atoms with van der Waals surface area (Å²) in [6.07, 6.45) is 1.78. The minimum Gasteiger partial charge on any atom is -0.305 e. The van der Waals surface area contributed by atoms with E-state index in [1.807, 2.05) is 24.3 Å². The largest absolute Gasteiger partial charge is 0.305 e. The van der Waals surface area contributed by atoms with Crippen molar-refractivity contribution in [2.24, 2.45) is 0 Å². The van der Waals surface area contributed by atoms with Crippen LogP contribution in [0, 0.1) is 11.3 Å². The van der Waals surface area contributed by atoms with E-state index in [0.29, 0.717) is 17.1 Å². The highest BCUT2D eigenvalue weighted by atomic mass is 35.5. The van der Waals surface area contributed by atoms with Crippen LogP contribution in [0.3, 0.4) is 0 Å². The Bertz CT molecular complexity index is 590. The number of hydrogen-bond acceptors (Lipinski definition) is 3. The lowest BCUT2D eigenvalue weighted by Crippen LogP contribution is -2.19. The van der Waals surface area contributed by atoms with Gasteiger partial charge >= 0.3 is 0 Å². The molecule has 0 spiro atoms. The van der Waals surface area contributed by atoms with Gasteiger partial charge in [0.15, 0.2) is 0 Å².